The summed E-state index contributed by atoms with van der Waals surface area (Å²) in [6.45, 7) is 3.03. The van der Waals surface area contributed by atoms with Crippen LogP contribution in [0.4, 0.5) is 5.69 Å². The van der Waals surface area contributed by atoms with Crippen molar-refractivity contribution in [3.63, 3.8) is 0 Å². The van der Waals surface area contributed by atoms with E-state index in [4.69, 9.17) is 0 Å². The number of nitrogens with zero attached hydrogens (tertiary/aromatic N) is 2. The summed E-state index contributed by atoms with van der Waals surface area (Å²) in [6.07, 6.45) is 1.26. The van der Waals surface area contributed by atoms with Crippen molar-refractivity contribution < 1.29 is 10.2 Å². The van der Waals surface area contributed by atoms with Crippen LogP contribution in [0.15, 0.2) is 16.7 Å². The second-order valence-electron chi connectivity index (χ2n) is 4.18. The van der Waals surface area contributed by atoms with Crippen molar-refractivity contribution in [2.24, 2.45) is 0 Å². The lowest BCUT2D eigenvalue weighted by molar-refractivity contribution is 0.0651. The summed E-state index contributed by atoms with van der Waals surface area (Å²) < 4.78 is 0.927. The Morgan fingerprint density at radius 3 is 2.62 bits per heavy atom. The summed E-state index contributed by atoms with van der Waals surface area (Å²) in [5.41, 5.74) is 1.89. The van der Waals surface area contributed by atoms with Crippen molar-refractivity contribution in [3.05, 3.63) is 22.4 Å². The van der Waals surface area contributed by atoms with Gasteiger partial charge in [-0.25, -0.2) is 0 Å². The predicted octanol–water partition coefficient (Wildman–Crippen LogP) is 1.08. The molecular formula is C11H15BrN2O2. The Balaban J connectivity index is 2.26. The van der Waals surface area contributed by atoms with Crippen molar-refractivity contribution in [3.8, 4) is 0 Å². The molecule has 1 aliphatic rings. The molecule has 0 saturated carbocycles. The van der Waals surface area contributed by atoms with Crippen LogP contribution in [0, 0.1) is 6.92 Å². The molecule has 1 aromatic heterocycles. The molecule has 2 heterocycles. The van der Waals surface area contributed by atoms with E-state index in [1.807, 2.05) is 17.9 Å². The molecule has 0 radical (unpaired) electrons. The molecule has 1 aliphatic heterocycles. The Hall–Kier alpha value is -0.650. The number of halogens is 1. The highest BCUT2D eigenvalue weighted by Crippen LogP contribution is 2.29. The molecule has 0 bridgehead atoms. The van der Waals surface area contributed by atoms with Crippen LogP contribution in [0.2, 0.25) is 0 Å². The minimum Gasteiger partial charge on any atom is -0.391 e. The van der Waals surface area contributed by atoms with Gasteiger partial charge in [-0.15, -0.1) is 0 Å². The average molecular weight is 287 g/mol. The highest BCUT2D eigenvalue weighted by atomic mass is 79.9. The summed E-state index contributed by atoms with van der Waals surface area (Å²) in [7, 11) is 0. The predicted molar refractivity (Wildman–Crippen MR) is 65.5 cm³/mol. The normalized spacial score (nSPS) is 25.9. The van der Waals surface area contributed by atoms with Gasteiger partial charge in [-0.3, -0.25) is 4.98 Å². The zero-order chi connectivity index (χ0) is 11.7. The minimum absolute atomic E-state index is 0.457. The van der Waals surface area contributed by atoms with Crippen LogP contribution in [0.3, 0.4) is 0 Å². The number of aryl methyl sites for hydroxylation is 1. The molecular weight excluding hydrogens is 272 g/mol. The van der Waals surface area contributed by atoms with Gasteiger partial charge in [0.1, 0.15) is 0 Å². The number of hydrogen-bond donors (Lipinski definition) is 2. The van der Waals surface area contributed by atoms with Gasteiger partial charge in [0, 0.05) is 25.7 Å². The van der Waals surface area contributed by atoms with E-state index in [0.717, 1.165) is 15.9 Å². The fraction of sp³-hybridized carbons (Fsp3) is 0.545. The number of aromatic nitrogens is 1. The Kier molecular flexibility index (Phi) is 3.47. The molecule has 0 aromatic carbocycles. The van der Waals surface area contributed by atoms with Crippen LogP contribution >= 0.6 is 15.9 Å². The maximum atomic E-state index is 9.64. The van der Waals surface area contributed by atoms with Crippen LogP contribution < -0.4 is 4.90 Å². The molecule has 16 heavy (non-hydrogen) atoms. The monoisotopic (exact) mass is 286 g/mol. The van der Waals surface area contributed by atoms with Crippen LogP contribution in [-0.2, 0) is 0 Å². The maximum absolute atomic E-state index is 9.64. The first-order chi connectivity index (χ1) is 7.58. The smallest absolute Gasteiger partial charge is 0.0740 e. The number of aliphatic hydroxyl groups excluding tert-OH is 2. The van der Waals surface area contributed by atoms with Gasteiger partial charge < -0.3 is 15.1 Å². The van der Waals surface area contributed by atoms with Gasteiger partial charge in [-0.1, -0.05) is 0 Å². The third-order valence-electron chi connectivity index (χ3n) is 2.79. The van der Waals surface area contributed by atoms with E-state index >= 15 is 0 Å². The third-order valence-corrected chi connectivity index (χ3v) is 3.77. The summed E-state index contributed by atoms with van der Waals surface area (Å²) in [5, 5.41) is 19.3. The molecule has 1 saturated heterocycles. The van der Waals surface area contributed by atoms with Crippen molar-refractivity contribution in [2.75, 3.05) is 18.0 Å². The summed E-state index contributed by atoms with van der Waals surface area (Å²) >= 11 is 3.49. The lowest BCUT2D eigenvalue weighted by Gasteiger charge is -2.35. The van der Waals surface area contributed by atoms with Crippen molar-refractivity contribution >= 4 is 21.6 Å². The van der Waals surface area contributed by atoms with E-state index < -0.39 is 12.2 Å². The van der Waals surface area contributed by atoms with Gasteiger partial charge in [-0.2, -0.15) is 0 Å². The second-order valence-corrected chi connectivity index (χ2v) is 4.97. The second kappa shape index (κ2) is 4.69. The minimum atomic E-state index is -0.468. The number of hydrogen-bond acceptors (Lipinski definition) is 4. The number of β-amino-alcohol motifs (C(OH)–C–C–N with tert-alkyl or cyclic N) is 2. The van der Waals surface area contributed by atoms with Crippen LogP contribution in [-0.4, -0.2) is 40.5 Å². The number of rotatable bonds is 1. The molecule has 1 fully saturated rings. The topological polar surface area (TPSA) is 56.6 Å². The first kappa shape index (κ1) is 11.8. The third kappa shape index (κ3) is 2.36. The van der Waals surface area contributed by atoms with E-state index in [2.05, 4.69) is 20.9 Å². The lowest BCUT2D eigenvalue weighted by Crippen LogP contribution is -2.45. The highest BCUT2D eigenvalue weighted by molar-refractivity contribution is 9.10. The molecule has 1 aromatic rings. The molecule has 5 heteroatoms. The van der Waals surface area contributed by atoms with E-state index in [1.54, 1.807) is 6.20 Å². The fourth-order valence-electron chi connectivity index (χ4n) is 2.02. The quantitative estimate of drug-likeness (QED) is 0.811. The molecule has 2 atom stereocenters. The van der Waals surface area contributed by atoms with Gasteiger partial charge in [0.05, 0.1) is 28.1 Å². The van der Waals surface area contributed by atoms with Crippen LogP contribution in [0.25, 0.3) is 0 Å². The van der Waals surface area contributed by atoms with Crippen molar-refractivity contribution in [1.82, 2.24) is 4.98 Å². The van der Waals surface area contributed by atoms with Gasteiger partial charge >= 0.3 is 0 Å². The fourth-order valence-corrected chi connectivity index (χ4v) is 2.51. The average Bonchev–Trinajstić information content (AvgIpc) is 2.20. The zero-order valence-corrected chi connectivity index (χ0v) is 10.7. The Morgan fingerprint density at radius 2 is 2.00 bits per heavy atom. The molecule has 0 unspecified atom stereocenters. The first-order valence-corrected chi connectivity index (χ1v) is 6.09. The van der Waals surface area contributed by atoms with Crippen molar-refractivity contribution in [1.29, 1.82) is 0 Å². The van der Waals surface area contributed by atoms with Gasteiger partial charge in [0.2, 0.25) is 0 Å². The summed E-state index contributed by atoms with van der Waals surface area (Å²) in [5.74, 6) is 0. The molecule has 88 valence electrons. The van der Waals surface area contributed by atoms with Crippen molar-refractivity contribution in [2.45, 2.75) is 25.6 Å². The van der Waals surface area contributed by atoms with Crippen LogP contribution in [0.5, 0.6) is 0 Å². The molecule has 2 N–H and O–H groups in total. The SMILES string of the molecule is Cc1nccc(N2C[C@H](O)C[C@H](O)C2)c1Br. The number of pyridine rings is 1. The van der Waals surface area contributed by atoms with Gasteiger partial charge in [0.15, 0.2) is 0 Å². The molecule has 0 spiro atoms. The van der Waals surface area contributed by atoms with Gasteiger partial charge in [-0.05, 0) is 28.9 Å². The number of anilines is 1. The summed E-state index contributed by atoms with van der Waals surface area (Å²) in [6, 6.07) is 1.89. The van der Waals surface area contributed by atoms with E-state index in [0.29, 0.717) is 19.5 Å². The van der Waals surface area contributed by atoms with Gasteiger partial charge in [0.25, 0.3) is 0 Å². The first-order valence-electron chi connectivity index (χ1n) is 5.30. The largest absolute Gasteiger partial charge is 0.391 e. The van der Waals surface area contributed by atoms with E-state index in [9.17, 15) is 10.2 Å². The summed E-state index contributed by atoms with van der Waals surface area (Å²) in [4.78, 5) is 6.16. The highest BCUT2D eigenvalue weighted by Gasteiger charge is 2.25. The molecule has 2 rings (SSSR count). The molecule has 0 aliphatic carbocycles. The Bertz CT molecular complexity index is 376. The lowest BCUT2D eigenvalue weighted by atomic mass is 10.1. The number of aliphatic hydroxyl groups is 2. The number of piperidine rings is 1. The molecule has 4 nitrogen and oxygen atoms in total. The molecule has 0 amide bonds. The Labute approximate surface area is 103 Å². The maximum Gasteiger partial charge on any atom is 0.0740 e. The van der Waals surface area contributed by atoms with E-state index in [-0.39, 0.29) is 0 Å². The zero-order valence-electron chi connectivity index (χ0n) is 9.10. The Morgan fingerprint density at radius 1 is 1.38 bits per heavy atom. The van der Waals surface area contributed by atoms with E-state index in [1.165, 1.54) is 0 Å². The van der Waals surface area contributed by atoms with Crippen LogP contribution in [0.1, 0.15) is 12.1 Å². The standard InChI is InChI=1S/C11H15BrN2O2/c1-7-11(12)10(2-3-13-7)14-5-8(15)4-9(16)6-14/h2-3,8-9,15-16H,4-6H2,1H3/t8-,9+.